The van der Waals surface area contributed by atoms with Gasteiger partial charge in [-0.2, -0.15) is 0 Å². The average molecular weight is 813 g/mol. The van der Waals surface area contributed by atoms with Crippen LogP contribution in [0.2, 0.25) is 0 Å². The van der Waals surface area contributed by atoms with E-state index in [2.05, 4.69) is 69.4 Å². The van der Waals surface area contributed by atoms with Crippen LogP contribution in [-0.4, -0.2) is 37.2 Å². The van der Waals surface area contributed by atoms with E-state index in [9.17, 15) is 14.4 Å². The highest BCUT2D eigenvalue weighted by Crippen LogP contribution is 2.15. The van der Waals surface area contributed by atoms with Gasteiger partial charge < -0.3 is 14.2 Å². The number of rotatable bonds is 44. The molecule has 0 aromatic carbocycles. The van der Waals surface area contributed by atoms with Crippen LogP contribution in [0, 0.1) is 0 Å². The summed E-state index contributed by atoms with van der Waals surface area (Å²) in [5, 5.41) is 0. The van der Waals surface area contributed by atoms with Gasteiger partial charge in [-0.15, -0.1) is 0 Å². The summed E-state index contributed by atoms with van der Waals surface area (Å²) < 4.78 is 16.6. The predicted octanol–water partition coefficient (Wildman–Crippen LogP) is 15.9. The van der Waals surface area contributed by atoms with E-state index in [4.69, 9.17) is 14.2 Å². The lowest BCUT2D eigenvalue weighted by Gasteiger charge is -2.18. The Bertz CT molecular complexity index is 1030. The van der Waals surface area contributed by atoms with Crippen LogP contribution in [0.15, 0.2) is 48.6 Å². The minimum Gasteiger partial charge on any atom is -0.462 e. The highest BCUT2D eigenvalue weighted by Gasteiger charge is 2.19. The first-order valence-corrected chi connectivity index (χ1v) is 24.6. The molecule has 1 unspecified atom stereocenters. The zero-order valence-electron chi connectivity index (χ0n) is 38.3. The van der Waals surface area contributed by atoms with Crippen LogP contribution in [0.1, 0.15) is 245 Å². The van der Waals surface area contributed by atoms with Crippen molar-refractivity contribution < 1.29 is 28.6 Å². The van der Waals surface area contributed by atoms with Crippen molar-refractivity contribution in [1.29, 1.82) is 0 Å². The Labute approximate surface area is 358 Å². The van der Waals surface area contributed by atoms with E-state index < -0.39 is 6.10 Å². The monoisotopic (exact) mass is 813 g/mol. The van der Waals surface area contributed by atoms with Gasteiger partial charge in [0.25, 0.3) is 0 Å². The molecule has 0 aromatic rings. The average Bonchev–Trinajstić information content (AvgIpc) is 3.22. The molecule has 336 valence electrons. The van der Waals surface area contributed by atoms with Crippen LogP contribution >= 0.6 is 0 Å². The molecule has 0 fully saturated rings. The first-order valence-electron chi connectivity index (χ1n) is 24.6. The van der Waals surface area contributed by atoms with Crippen molar-refractivity contribution in [3.63, 3.8) is 0 Å². The Morgan fingerprint density at radius 2 is 0.672 bits per heavy atom. The summed E-state index contributed by atoms with van der Waals surface area (Å²) in [5.41, 5.74) is 0. The molecular formula is C52H92O6. The minimum atomic E-state index is -0.768. The van der Waals surface area contributed by atoms with Gasteiger partial charge >= 0.3 is 17.9 Å². The highest BCUT2D eigenvalue weighted by atomic mass is 16.6. The Balaban J connectivity index is 4.16. The molecule has 0 amide bonds. The Morgan fingerprint density at radius 1 is 0.362 bits per heavy atom. The smallest absolute Gasteiger partial charge is 0.306 e. The quantitative estimate of drug-likeness (QED) is 0.0264. The lowest BCUT2D eigenvalue weighted by atomic mass is 10.0. The van der Waals surface area contributed by atoms with E-state index in [0.29, 0.717) is 19.3 Å². The number of hydrogen-bond donors (Lipinski definition) is 0. The minimum absolute atomic E-state index is 0.0744. The zero-order valence-corrected chi connectivity index (χ0v) is 38.3. The second-order valence-corrected chi connectivity index (χ2v) is 16.4. The van der Waals surface area contributed by atoms with Crippen molar-refractivity contribution in [2.45, 2.75) is 252 Å². The van der Waals surface area contributed by atoms with Crippen molar-refractivity contribution in [2.75, 3.05) is 13.2 Å². The Hall–Kier alpha value is -2.63. The normalized spacial score (nSPS) is 12.4. The molecule has 0 saturated heterocycles. The third kappa shape index (κ3) is 44.5. The maximum atomic E-state index is 12.7. The molecule has 0 N–H and O–H groups in total. The molecule has 0 heterocycles. The summed E-state index contributed by atoms with van der Waals surface area (Å²) >= 11 is 0. The van der Waals surface area contributed by atoms with Crippen LogP contribution in [-0.2, 0) is 28.6 Å². The number of carbonyl (C=O) groups excluding carboxylic acids is 3. The van der Waals surface area contributed by atoms with Crippen molar-refractivity contribution >= 4 is 17.9 Å². The second-order valence-electron chi connectivity index (χ2n) is 16.4. The van der Waals surface area contributed by atoms with Gasteiger partial charge in [-0.3, -0.25) is 14.4 Å². The van der Waals surface area contributed by atoms with E-state index in [0.717, 1.165) is 96.3 Å². The maximum Gasteiger partial charge on any atom is 0.306 e. The predicted molar refractivity (Wildman–Crippen MR) is 247 cm³/mol. The van der Waals surface area contributed by atoms with Gasteiger partial charge in [-0.25, -0.2) is 0 Å². The zero-order chi connectivity index (χ0) is 42.3. The number of carbonyl (C=O) groups is 3. The lowest BCUT2D eigenvalue weighted by Crippen LogP contribution is -2.30. The largest absolute Gasteiger partial charge is 0.462 e. The lowest BCUT2D eigenvalue weighted by molar-refractivity contribution is -0.167. The maximum absolute atomic E-state index is 12.7. The molecule has 6 heteroatoms. The van der Waals surface area contributed by atoms with E-state index in [-0.39, 0.29) is 31.1 Å². The third-order valence-electron chi connectivity index (χ3n) is 10.6. The van der Waals surface area contributed by atoms with Crippen molar-refractivity contribution in [3.8, 4) is 0 Å². The van der Waals surface area contributed by atoms with Crippen LogP contribution in [0.3, 0.4) is 0 Å². The molecule has 0 aliphatic rings. The molecule has 0 spiro atoms. The molecule has 6 nitrogen and oxygen atoms in total. The van der Waals surface area contributed by atoms with Crippen LogP contribution < -0.4 is 0 Å². The number of ether oxygens (including phenoxy) is 3. The van der Waals surface area contributed by atoms with Gasteiger partial charge in [-0.1, -0.05) is 217 Å². The third-order valence-corrected chi connectivity index (χ3v) is 10.6. The summed E-state index contributed by atoms with van der Waals surface area (Å²) in [6, 6.07) is 0. The van der Waals surface area contributed by atoms with Crippen molar-refractivity contribution in [1.82, 2.24) is 0 Å². The van der Waals surface area contributed by atoms with Gasteiger partial charge in [-0.05, 0) is 57.8 Å². The van der Waals surface area contributed by atoms with E-state index >= 15 is 0 Å². The second kappa shape index (κ2) is 47.1. The summed E-state index contributed by atoms with van der Waals surface area (Å²) in [4.78, 5) is 37.6. The first-order chi connectivity index (χ1) is 28.5. The SMILES string of the molecule is CC/C=C\C/C=C\C/C=C\C/C=C\CCCCCCCCCCC(=O)OCC(COC(=O)CCCCCCC)OC(=O)CCCCCCCCCCCCCCCC. The van der Waals surface area contributed by atoms with Gasteiger partial charge in [0.1, 0.15) is 13.2 Å². The molecule has 0 radical (unpaired) electrons. The molecule has 58 heavy (non-hydrogen) atoms. The number of allylic oxidation sites excluding steroid dienone is 8. The highest BCUT2D eigenvalue weighted by molar-refractivity contribution is 5.71. The van der Waals surface area contributed by atoms with E-state index in [1.165, 1.54) is 109 Å². The van der Waals surface area contributed by atoms with Gasteiger partial charge in [0.15, 0.2) is 6.10 Å². The van der Waals surface area contributed by atoms with Gasteiger partial charge in [0.2, 0.25) is 0 Å². The molecule has 0 aliphatic carbocycles. The molecule has 0 saturated carbocycles. The van der Waals surface area contributed by atoms with Crippen LogP contribution in [0.4, 0.5) is 0 Å². The fraction of sp³-hybridized carbons (Fsp3) is 0.788. The van der Waals surface area contributed by atoms with Crippen molar-refractivity contribution in [2.24, 2.45) is 0 Å². The first kappa shape index (κ1) is 55.4. The van der Waals surface area contributed by atoms with Gasteiger partial charge in [0, 0.05) is 19.3 Å². The summed E-state index contributed by atoms with van der Waals surface area (Å²) in [5.74, 6) is -0.891. The molecule has 0 bridgehead atoms. The topological polar surface area (TPSA) is 78.9 Å². The number of esters is 3. The van der Waals surface area contributed by atoms with E-state index in [1.54, 1.807) is 0 Å². The number of unbranched alkanes of at least 4 members (excludes halogenated alkanes) is 25. The summed E-state index contributed by atoms with van der Waals surface area (Å²) in [6.45, 7) is 6.44. The fourth-order valence-electron chi connectivity index (χ4n) is 6.90. The molecule has 0 rings (SSSR count). The molecule has 0 aromatic heterocycles. The van der Waals surface area contributed by atoms with Crippen LogP contribution in [0.5, 0.6) is 0 Å². The van der Waals surface area contributed by atoms with Crippen molar-refractivity contribution in [3.05, 3.63) is 48.6 Å². The van der Waals surface area contributed by atoms with E-state index in [1.807, 2.05) is 0 Å². The Kier molecular flexibility index (Phi) is 44.9. The molecule has 1 atom stereocenters. The molecular weight excluding hydrogens is 721 g/mol. The fourth-order valence-corrected chi connectivity index (χ4v) is 6.90. The molecule has 0 aliphatic heterocycles. The standard InChI is InChI=1S/C52H92O6/c1-4-7-10-13-15-17-19-21-23-24-25-26-27-28-29-31-32-34-36-39-42-45-51(54)57-48-49(47-56-50(53)44-41-38-12-9-6-3)58-52(55)46-43-40-37-35-33-30-22-20-18-16-14-11-8-5-2/h7,10,15,17,21,23,25-26,49H,4-6,8-9,11-14,16,18-20,22,24,27-48H2,1-3H3/b10-7-,17-15-,23-21-,26-25-. The number of hydrogen-bond acceptors (Lipinski definition) is 6. The Morgan fingerprint density at radius 3 is 1.05 bits per heavy atom. The van der Waals surface area contributed by atoms with Crippen LogP contribution in [0.25, 0.3) is 0 Å². The summed E-state index contributed by atoms with van der Waals surface area (Å²) in [6.07, 6.45) is 55.6. The van der Waals surface area contributed by atoms with Gasteiger partial charge in [0.05, 0.1) is 0 Å². The summed E-state index contributed by atoms with van der Waals surface area (Å²) in [7, 11) is 0.